The molecule has 5 aromatic rings. The Morgan fingerprint density at radius 2 is 1.68 bits per heavy atom. The van der Waals surface area contributed by atoms with Gasteiger partial charge >= 0.3 is 0 Å². The van der Waals surface area contributed by atoms with Crippen LogP contribution in [-0.2, 0) is 12.8 Å². The van der Waals surface area contributed by atoms with Crippen LogP contribution in [0.5, 0.6) is 0 Å². The number of aromatic nitrogens is 2. The highest BCUT2D eigenvalue weighted by molar-refractivity contribution is 7.19. The predicted molar refractivity (Wildman–Crippen MR) is 122 cm³/mol. The van der Waals surface area contributed by atoms with E-state index in [0.717, 1.165) is 0 Å². The average Bonchev–Trinajstić information content (AvgIpc) is 3.29. The van der Waals surface area contributed by atoms with Gasteiger partial charge < -0.3 is 4.57 Å². The van der Waals surface area contributed by atoms with E-state index in [-0.39, 0.29) is 0 Å². The lowest BCUT2D eigenvalue weighted by Gasteiger charge is -2.10. The van der Waals surface area contributed by atoms with Gasteiger partial charge in [0.25, 0.3) is 0 Å². The molecule has 3 heterocycles. The Bertz CT molecular complexity index is 1280. The molecule has 3 aromatic heterocycles. The summed E-state index contributed by atoms with van der Waals surface area (Å²) < 4.78 is 3.81. The Morgan fingerprint density at radius 3 is 2.54 bits per heavy atom. The number of benzene rings is 2. The average molecular weight is 385 g/mol. The smallest absolute Gasteiger partial charge is 0.0571 e. The summed E-state index contributed by atoms with van der Waals surface area (Å²) in [5.74, 6) is 0. The van der Waals surface area contributed by atoms with E-state index in [0.29, 0.717) is 0 Å². The highest BCUT2D eigenvalue weighted by Crippen LogP contribution is 2.41. The third kappa shape index (κ3) is 2.57. The van der Waals surface area contributed by atoms with Crippen LogP contribution < -0.4 is 0 Å². The second-order valence-corrected chi connectivity index (χ2v) is 8.28. The van der Waals surface area contributed by atoms with Crippen LogP contribution in [0.4, 0.5) is 0 Å². The maximum absolute atomic E-state index is 4.41. The van der Waals surface area contributed by atoms with Crippen molar-refractivity contribution in [2.75, 3.05) is 0 Å². The van der Waals surface area contributed by atoms with Crippen LogP contribution in [0, 0.1) is 0 Å². The third-order valence-electron chi connectivity index (χ3n) is 5.66. The van der Waals surface area contributed by atoms with Crippen molar-refractivity contribution in [1.82, 2.24) is 9.55 Å². The molecule has 3 heteroatoms. The zero-order valence-corrected chi connectivity index (χ0v) is 17.2. The molecule has 6 rings (SSSR count). The van der Waals surface area contributed by atoms with Gasteiger partial charge in [-0.3, -0.25) is 4.98 Å². The van der Waals surface area contributed by atoms with E-state index >= 15 is 0 Å². The fourth-order valence-electron chi connectivity index (χ4n) is 4.47. The quantitative estimate of drug-likeness (QED) is 0.296. The topological polar surface area (TPSA) is 17.8 Å². The second-order valence-electron chi connectivity index (χ2n) is 7.14. The van der Waals surface area contributed by atoms with Gasteiger partial charge in [-0.25, -0.2) is 0 Å². The minimum atomic E-state index is 1.21. The Balaban J connectivity index is 0.000000829. The highest BCUT2D eigenvalue weighted by atomic mass is 32.1. The summed E-state index contributed by atoms with van der Waals surface area (Å²) in [6.45, 7) is 4.00. The Kier molecular flexibility index (Phi) is 4.40. The first-order valence-electron chi connectivity index (χ1n) is 10.3. The first-order chi connectivity index (χ1) is 13.9. The number of rotatable bonds is 1. The van der Waals surface area contributed by atoms with Crippen LogP contribution in [0.2, 0.25) is 0 Å². The fraction of sp³-hybridized carbons (Fsp3) is 0.240. The third-order valence-corrected chi connectivity index (χ3v) is 6.91. The monoisotopic (exact) mass is 384 g/mol. The van der Waals surface area contributed by atoms with Crippen molar-refractivity contribution >= 4 is 43.2 Å². The predicted octanol–water partition coefficient (Wildman–Crippen LogP) is 7.30. The van der Waals surface area contributed by atoms with Crippen molar-refractivity contribution in [3.8, 4) is 5.69 Å². The molecule has 0 amide bonds. The Morgan fingerprint density at radius 1 is 0.857 bits per heavy atom. The first-order valence-corrected chi connectivity index (χ1v) is 11.1. The standard InChI is InChI=1S/C23H18N2S.C2H6/c1-2-6-15(7-3-1)25-20-10-11-24-14-19(20)17-12-18-16-8-4-5-9-22(16)26-23(18)13-21(17)25;1-2/h1-3,6-7,10-14H,4-5,8-9H2;1-2H3. The molecule has 140 valence electrons. The lowest BCUT2D eigenvalue weighted by atomic mass is 9.96. The van der Waals surface area contributed by atoms with E-state index in [2.05, 4.69) is 58.1 Å². The second kappa shape index (κ2) is 7.06. The van der Waals surface area contributed by atoms with Gasteiger partial charge in [-0.05, 0) is 67.0 Å². The molecule has 0 aliphatic heterocycles. The molecule has 1 aliphatic rings. The summed E-state index contributed by atoms with van der Waals surface area (Å²) in [7, 11) is 0. The number of fused-ring (bicyclic) bond motifs is 6. The van der Waals surface area contributed by atoms with Crippen LogP contribution in [-0.4, -0.2) is 9.55 Å². The molecular weight excluding hydrogens is 360 g/mol. The Labute approximate surface area is 169 Å². The molecule has 0 radical (unpaired) electrons. The molecule has 2 nitrogen and oxygen atoms in total. The van der Waals surface area contributed by atoms with E-state index in [1.165, 1.54) is 63.3 Å². The van der Waals surface area contributed by atoms with Crippen molar-refractivity contribution in [2.24, 2.45) is 0 Å². The van der Waals surface area contributed by atoms with Gasteiger partial charge in [0.05, 0.1) is 11.0 Å². The minimum absolute atomic E-state index is 1.21. The lowest BCUT2D eigenvalue weighted by molar-refractivity contribution is 0.700. The van der Waals surface area contributed by atoms with Crippen LogP contribution in [0.3, 0.4) is 0 Å². The van der Waals surface area contributed by atoms with Crippen molar-refractivity contribution in [2.45, 2.75) is 39.5 Å². The maximum Gasteiger partial charge on any atom is 0.0571 e. The number of thiophene rings is 1. The molecule has 0 fully saturated rings. The molecule has 0 N–H and O–H groups in total. The lowest BCUT2D eigenvalue weighted by Crippen LogP contribution is -1.97. The van der Waals surface area contributed by atoms with E-state index in [4.69, 9.17) is 0 Å². The fourth-order valence-corrected chi connectivity index (χ4v) is 5.78. The van der Waals surface area contributed by atoms with E-state index in [1.807, 2.05) is 37.6 Å². The molecule has 0 unspecified atom stereocenters. The summed E-state index contributed by atoms with van der Waals surface area (Å²) in [4.78, 5) is 6.02. The largest absolute Gasteiger partial charge is 0.309 e. The van der Waals surface area contributed by atoms with Crippen molar-refractivity contribution in [1.29, 1.82) is 0 Å². The normalized spacial score (nSPS) is 13.5. The SMILES string of the molecule is CC.c1ccc(-n2c3ccncc3c3cc4c5c(sc4cc32)CCCC5)cc1. The molecule has 0 bridgehead atoms. The minimum Gasteiger partial charge on any atom is -0.309 e. The van der Waals surface area contributed by atoms with Gasteiger partial charge in [-0.1, -0.05) is 32.0 Å². The summed E-state index contributed by atoms with van der Waals surface area (Å²) in [5, 5.41) is 4.02. The molecule has 2 aromatic carbocycles. The molecule has 1 aliphatic carbocycles. The van der Waals surface area contributed by atoms with Crippen molar-refractivity contribution in [3.05, 3.63) is 71.4 Å². The van der Waals surface area contributed by atoms with Gasteiger partial charge in [0, 0.05) is 38.4 Å². The van der Waals surface area contributed by atoms with Gasteiger partial charge in [-0.2, -0.15) is 0 Å². The number of hydrogen-bond donors (Lipinski definition) is 0. The summed E-state index contributed by atoms with van der Waals surface area (Å²) >= 11 is 2.00. The summed E-state index contributed by atoms with van der Waals surface area (Å²) in [6.07, 6.45) is 9.05. The number of nitrogens with zero attached hydrogens (tertiary/aromatic N) is 2. The number of aryl methyl sites for hydroxylation is 2. The summed E-state index contributed by atoms with van der Waals surface area (Å²) in [6, 6.07) is 17.6. The van der Waals surface area contributed by atoms with E-state index < -0.39 is 0 Å². The Hall–Kier alpha value is -2.65. The molecule has 0 saturated carbocycles. The zero-order valence-electron chi connectivity index (χ0n) is 16.4. The summed E-state index contributed by atoms with van der Waals surface area (Å²) in [5.41, 5.74) is 5.32. The van der Waals surface area contributed by atoms with Gasteiger partial charge in [0.15, 0.2) is 0 Å². The number of para-hydroxylation sites is 1. The van der Waals surface area contributed by atoms with E-state index in [9.17, 15) is 0 Å². The van der Waals surface area contributed by atoms with Crippen molar-refractivity contribution < 1.29 is 0 Å². The molecule has 0 atom stereocenters. The van der Waals surface area contributed by atoms with Gasteiger partial charge in [0.1, 0.15) is 0 Å². The zero-order chi connectivity index (χ0) is 19.1. The maximum atomic E-state index is 4.41. The molecule has 0 spiro atoms. The van der Waals surface area contributed by atoms with Crippen LogP contribution in [0.1, 0.15) is 37.1 Å². The number of hydrogen-bond acceptors (Lipinski definition) is 2. The van der Waals surface area contributed by atoms with Gasteiger partial charge in [0.2, 0.25) is 0 Å². The highest BCUT2D eigenvalue weighted by Gasteiger charge is 2.19. The van der Waals surface area contributed by atoms with E-state index in [1.54, 1.807) is 10.4 Å². The molecule has 0 saturated heterocycles. The molecular formula is C25H24N2S. The van der Waals surface area contributed by atoms with Crippen LogP contribution >= 0.6 is 11.3 Å². The van der Waals surface area contributed by atoms with Gasteiger partial charge in [-0.15, -0.1) is 11.3 Å². The van der Waals surface area contributed by atoms with Crippen molar-refractivity contribution in [3.63, 3.8) is 0 Å². The number of pyridine rings is 1. The first kappa shape index (κ1) is 17.4. The van der Waals surface area contributed by atoms with Crippen LogP contribution in [0.15, 0.2) is 60.9 Å². The van der Waals surface area contributed by atoms with Crippen LogP contribution in [0.25, 0.3) is 37.6 Å². The molecule has 28 heavy (non-hydrogen) atoms.